The van der Waals surface area contributed by atoms with E-state index in [4.69, 9.17) is 14.7 Å². The maximum Gasteiger partial charge on any atom is 0.409 e. The topological polar surface area (TPSA) is 78.8 Å². The fourth-order valence-corrected chi connectivity index (χ4v) is 3.72. The molecular weight excluding hydrogens is 404 g/mol. The highest BCUT2D eigenvalue weighted by Gasteiger charge is 2.26. The Bertz CT molecular complexity index is 1130. The zero-order valence-corrected chi connectivity index (χ0v) is 19.1. The van der Waals surface area contributed by atoms with E-state index < -0.39 is 0 Å². The lowest BCUT2D eigenvalue weighted by Gasteiger charge is -2.35. The second-order valence-electron chi connectivity index (χ2n) is 9.50. The van der Waals surface area contributed by atoms with Gasteiger partial charge >= 0.3 is 6.09 Å². The number of nitrogens with zero attached hydrogens (tertiary/aromatic N) is 4. The number of anilines is 1. The van der Waals surface area contributed by atoms with Crippen LogP contribution in [0.25, 0.3) is 22.3 Å². The van der Waals surface area contributed by atoms with Gasteiger partial charge in [0.2, 0.25) is 0 Å². The van der Waals surface area contributed by atoms with Crippen LogP contribution in [0.3, 0.4) is 0 Å². The van der Waals surface area contributed by atoms with Crippen LogP contribution in [0.1, 0.15) is 26.3 Å². The van der Waals surface area contributed by atoms with Crippen molar-refractivity contribution >= 4 is 22.8 Å². The minimum Gasteiger partial charge on any atom is -0.507 e. The molecule has 7 nitrogen and oxygen atoms in total. The molecule has 32 heavy (non-hydrogen) atoms. The van der Waals surface area contributed by atoms with Gasteiger partial charge in [-0.3, -0.25) is 0 Å². The van der Waals surface area contributed by atoms with E-state index in [1.165, 1.54) is 0 Å². The van der Waals surface area contributed by atoms with Crippen LogP contribution >= 0.6 is 0 Å². The number of rotatable bonds is 3. The van der Waals surface area contributed by atoms with Crippen molar-refractivity contribution < 1.29 is 14.6 Å². The van der Waals surface area contributed by atoms with Gasteiger partial charge in [0.15, 0.2) is 5.82 Å². The molecule has 1 aliphatic heterocycles. The Morgan fingerprint density at radius 3 is 2.47 bits per heavy atom. The van der Waals surface area contributed by atoms with Crippen molar-refractivity contribution in [3.63, 3.8) is 0 Å². The molecule has 7 heteroatoms. The summed E-state index contributed by atoms with van der Waals surface area (Å²) in [6.45, 7) is 11.0. The molecule has 0 radical (unpaired) electrons. The quantitative estimate of drug-likeness (QED) is 0.648. The minimum absolute atomic E-state index is 0.0606. The zero-order valence-electron chi connectivity index (χ0n) is 19.1. The van der Waals surface area contributed by atoms with Gasteiger partial charge in [-0.25, -0.2) is 14.8 Å². The Balaban J connectivity index is 1.60. The van der Waals surface area contributed by atoms with Gasteiger partial charge in [-0.15, -0.1) is 0 Å². The van der Waals surface area contributed by atoms with Crippen molar-refractivity contribution in [2.24, 2.45) is 5.41 Å². The molecule has 1 aliphatic rings. The lowest BCUT2D eigenvalue weighted by atomic mass is 9.99. The Hall–Kier alpha value is -3.35. The van der Waals surface area contributed by atoms with Gasteiger partial charge in [-0.1, -0.05) is 39.0 Å². The number of ether oxygens (including phenoxy) is 1. The van der Waals surface area contributed by atoms with Gasteiger partial charge in [0.1, 0.15) is 11.6 Å². The van der Waals surface area contributed by atoms with Crippen LogP contribution in [-0.4, -0.2) is 58.9 Å². The van der Waals surface area contributed by atoms with E-state index >= 15 is 0 Å². The van der Waals surface area contributed by atoms with Gasteiger partial charge in [0.25, 0.3) is 0 Å². The molecule has 0 aliphatic carbocycles. The van der Waals surface area contributed by atoms with Gasteiger partial charge < -0.3 is 19.6 Å². The summed E-state index contributed by atoms with van der Waals surface area (Å²) in [6.07, 6.45) is -0.266. The largest absolute Gasteiger partial charge is 0.507 e. The van der Waals surface area contributed by atoms with Crippen LogP contribution in [0.2, 0.25) is 0 Å². The summed E-state index contributed by atoms with van der Waals surface area (Å²) in [5, 5.41) is 11.3. The number of aromatic nitrogens is 2. The molecule has 1 saturated heterocycles. The van der Waals surface area contributed by atoms with Crippen LogP contribution < -0.4 is 4.90 Å². The molecule has 1 aromatic heterocycles. The first kappa shape index (κ1) is 21.9. The summed E-state index contributed by atoms with van der Waals surface area (Å²) >= 11 is 0. The number of benzene rings is 2. The van der Waals surface area contributed by atoms with Crippen molar-refractivity contribution in [3.05, 3.63) is 48.0 Å². The van der Waals surface area contributed by atoms with Crippen molar-refractivity contribution in [2.45, 2.75) is 27.7 Å². The number of aryl methyl sites for hydroxylation is 1. The number of aromatic hydroxyl groups is 1. The standard InChI is InChI=1S/C25H30N4O3/c1-17-9-10-18-20(15-17)26-22(19-7-5-6-8-21(19)30)27-23(18)28-11-13-29(14-12-28)24(31)32-16-25(2,3)4/h5-10,15,30H,11-14,16H2,1-4H3. The van der Waals surface area contributed by atoms with Crippen LogP contribution in [0.5, 0.6) is 5.75 Å². The number of phenols is 1. The number of phenolic OH excluding ortho intramolecular Hbond substituents is 1. The van der Waals surface area contributed by atoms with Gasteiger partial charge in [-0.2, -0.15) is 0 Å². The number of amides is 1. The monoisotopic (exact) mass is 434 g/mol. The normalized spacial score (nSPS) is 14.6. The molecule has 2 aromatic carbocycles. The highest BCUT2D eigenvalue weighted by molar-refractivity contribution is 5.92. The highest BCUT2D eigenvalue weighted by atomic mass is 16.6. The second-order valence-corrected chi connectivity index (χ2v) is 9.50. The third-order valence-electron chi connectivity index (χ3n) is 5.44. The summed E-state index contributed by atoms with van der Waals surface area (Å²) in [6, 6.07) is 13.2. The Kier molecular flexibility index (Phi) is 5.91. The predicted molar refractivity (Wildman–Crippen MR) is 126 cm³/mol. The fraction of sp³-hybridized carbons (Fsp3) is 0.400. The molecule has 4 rings (SSSR count). The number of para-hydroxylation sites is 1. The summed E-state index contributed by atoms with van der Waals surface area (Å²) in [4.78, 5) is 25.9. The van der Waals surface area contributed by atoms with Gasteiger partial charge in [0.05, 0.1) is 17.7 Å². The smallest absolute Gasteiger partial charge is 0.409 e. The maximum atomic E-state index is 12.4. The van der Waals surface area contributed by atoms with Crippen molar-refractivity contribution in [2.75, 3.05) is 37.7 Å². The molecule has 1 fully saturated rings. The Morgan fingerprint density at radius 1 is 1.06 bits per heavy atom. The lowest BCUT2D eigenvalue weighted by Crippen LogP contribution is -2.49. The summed E-state index contributed by atoms with van der Waals surface area (Å²) in [7, 11) is 0. The second kappa shape index (κ2) is 8.65. The molecule has 1 N–H and O–H groups in total. The Morgan fingerprint density at radius 2 is 1.78 bits per heavy atom. The minimum atomic E-state index is -0.266. The van der Waals surface area contributed by atoms with E-state index in [-0.39, 0.29) is 17.3 Å². The van der Waals surface area contributed by atoms with E-state index in [1.807, 2.05) is 52.0 Å². The summed E-state index contributed by atoms with van der Waals surface area (Å²) in [5.41, 5.74) is 2.48. The molecule has 3 aromatic rings. The van der Waals surface area contributed by atoms with E-state index in [0.717, 1.165) is 22.3 Å². The SMILES string of the molecule is Cc1ccc2c(N3CCN(C(=O)OCC(C)(C)C)CC3)nc(-c3ccccc3O)nc2c1. The molecule has 1 amide bonds. The van der Waals surface area contributed by atoms with Gasteiger partial charge in [-0.05, 0) is 42.2 Å². The van der Waals surface area contributed by atoms with Crippen LogP contribution in [0.15, 0.2) is 42.5 Å². The summed E-state index contributed by atoms with van der Waals surface area (Å²) < 4.78 is 5.48. The van der Waals surface area contributed by atoms with Gasteiger partial charge in [0, 0.05) is 31.6 Å². The number of hydrogen-bond donors (Lipinski definition) is 1. The molecule has 168 valence electrons. The highest BCUT2D eigenvalue weighted by Crippen LogP contribution is 2.32. The average molecular weight is 435 g/mol. The van der Waals surface area contributed by atoms with E-state index in [1.54, 1.807) is 17.0 Å². The first-order valence-corrected chi connectivity index (χ1v) is 10.9. The zero-order chi connectivity index (χ0) is 22.9. The molecule has 0 spiro atoms. The third kappa shape index (κ3) is 4.77. The van der Waals surface area contributed by atoms with E-state index in [0.29, 0.717) is 44.2 Å². The molecule has 0 unspecified atom stereocenters. The van der Waals surface area contributed by atoms with Crippen LogP contribution in [0, 0.1) is 12.3 Å². The number of carbonyl (C=O) groups is 1. The van der Waals surface area contributed by atoms with Crippen molar-refractivity contribution in [1.29, 1.82) is 0 Å². The molecule has 0 saturated carbocycles. The fourth-order valence-electron chi connectivity index (χ4n) is 3.72. The number of carbonyl (C=O) groups excluding carboxylic acids is 1. The predicted octanol–water partition coefficient (Wildman–Crippen LogP) is 4.62. The molecular formula is C25H30N4O3. The summed E-state index contributed by atoms with van der Waals surface area (Å²) in [5.74, 6) is 1.45. The first-order chi connectivity index (χ1) is 15.2. The Labute approximate surface area is 188 Å². The van der Waals surface area contributed by atoms with Crippen LogP contribution in [0.4, 0.5) is 10.6 Å². The first-order valence-electron chi connectivity index (χ1n) is 10.9. The average Bonchev–Trinajstić information content (AvgIpc) is 2.76. The number of fused-ring (bicyclic) bond motifs is 1. The molecule has 0 atom stereocenters. The number of piperazine rings is 1. The van der Waals surface area contributed by atoms with Crippen molar-refractivity contribution in [1.82, 2.24) is 14.9 Å². The maximum absolute atomic E-state index is 12.4. The van der Waals surface area contributed by atoms with E-state index in [2.05, 4.69) is 11.0 Å². The number of hydrogen-bond acceptors (Lipinski definition) is 6. The lowest BCUT2D eigenvalue weighted by molar-refractivity contribution is 0.0707. The van der Waals surface area contributed by atoms with Crippen LogP contribution in [-0.2, 0) is 4.74 Å². The third-order valence-corrected chi connectivity index (χ3v) is 5.44. The molecule has 0 bridgehead atoms. The molecule has 2 heterocycles. The van der Waals surface area contributed by atoms with Crippen molar-refractivity contribution in [3.8, 4) is 17.1 Å². The van der Waals surface area contributed by atoms with E-state index in [9.17, 15) is 9.90 Å².